The number of hydrogen-bond acceptors (Lipinski definition) is 5. The molecule has 0 spiro atoms. The molecule has 1 saturated heterocycles. The fourth-order valence-corrected chi connectivity index (χ4v) is 10.5. The van der Waals surface area contributed by atoms with Gasteiger partial charge in [0.25, 0.3) is 8.32 Å². The molecular weight excluding hydrogens is 490 g/mol. The van der Waals surface area contributed by atoms with Gasteiger partial charge < -0.3 is 19.4 Å². The van der Waals surface area contributed by atoms with Crippen LogP contribution < -0.4 is 15.1 Å². The van der Waals surface area contributed by atoms with Crippen molar-refractivity contribution in [1.29, 1.82) is 0 Å². The van der Waals surface area contributed by atoms with Crippen LogP contribution in [0.1, 0.15) is 52.2 Å². The summed E-state index contributed by atoms with van der Waals surface area (Å²) >= 11 is 0. The minimum absolute atomic E-state index is 0.00612. The Balaban J connectivity index is 1.69. The molecule has 204 valence electrons. The normalized spacial score (nSPS) is 18.7. The minimum Gasteiger partial charge on any atom is -0.507 e. The maximum Gasteiger partial charge on any atom is 0.261 e. The topological polar surface area (TPSA) is 62.2 Å². The number of benzene rings is 3. The molecule has 4 rings (SSSR count). The van der Waals surface area contributed by atoms with E-state index < -0.39 is 8.32 Å². The van der Waals surface area contributed by atoms with Crippen molar-refractivity contribution in [2.75, 3.05) is 13.2 Å². The lowest BCUT2D eigenvalue weighted by molar-refractivity contribution is 0.147. The molecule has 0 bridgehead atoms. The second kappa shape index (κ2) is 11.6. The van der Waals surface area contributed by atoms with Gasteiger partial charge in [0.05, 0.1) is 18.8 Å². The van der Waals surface area contributed by atoms with Gasteiger partial charge in [-0.25, -0.2) is 0 Å². The van der Waals surface area contributed by atoms with Crippen LogP contribution in [-0.4, -0.2) is 54.8 Å². The second-order valence-corrected chi connectivity index (χ2v) is 16.1. The van der Waals surface area contributed by atoms with E-state index in [1.165, 1.54) is 10.4 Å². The van der Waals surface area contributed by atoms with Crippen LogP contribution in [0.3, 0.4) is 0 Å². The van der Waals surface area contributed by atoms with Crippen LogP contribution >= 0.6 is 0 Å². The number of hydrogen-bond donors (Lipinski definition) is 2. The van der Waals surface area contributed by atoms with Crippen LogP contribution in [0.5, 0.6) is 11.5 Å². The van der Waals surface area contributed by atoms with Crippen LogP contribution in [0.2, 0.25) is 5.04 Å². The van der Waals surface area contributed by atoms with Crippen molar-refractivity contribution in [3.05, 3.63) is 83.9 Å². The van der Waals surface area contributed by atoms with Crippen LogP contribution in [0, 0.1) is 6.92 Å². The average molecular weight is 534 g/mol. The molecule has 3 aromatic carbocycles. The number of aryl methyl sites for hydroxylation is 1. The molecule has 2 atom stereocenters. The van der Waals surface area contributed by atoms with Crippen molar-refractivity contribution in [1.82, 2.24) is 4.90 Å². The molecule has 6 heteroatoms. The molecule has 2 N–H and O–H groups in total. The zero-order valence-corrected chi connectivity index (χ0v) is 24.6. The van der Waals surface area contributed by atoms with E-state index in [9.17, 15) is 10.2 Å². The van der Waals surface area contributed by atoms with Gasteiger partial charge in [-0.15, -0.1) is 0 Å². The number of ether oxygens (including phenoxy) is 1. The van der Waals surface area contributed by atoms with Crippen LogP contribution in [0.15, 0.2) is 72.8 Å². The standard InChI is InChI=1S/C32H43NO4Si/c1-23(2)36-31-18-24(3)17-30(35)29(31)21-33-20-26(19-25(33)22-34)37-38(32(4,5)6,27-13-9-7-10-14-27)28-15-11-8-12-16-28/h7-18,23,25-26,34-35H,19-22H2,1-6H3/t25-,26-/m1/s1. The van der Waals surface area contributed by atoms with E-state index in [2.05, 4.69) is 86.3 Å². The first-order valence-corrected chi connectivity index (χ1v) is 15.6. The SMILES string of the molecule is Cc1cc(O)c(CN2C[C@H](O[Si](c3ccccc3)(c3ccccc3)C(C)(C)C)C[C@@H]2CO)c(OC(C)C)c1. The Bertz CT molecular complexity index is 1150. The van der Waals surface area contributed by atoms with Gasteiger partial charge in [-0.3, -0.25) is 4.90 Å². The van der Waals surface area contributed by atoms with E-state index >= 15 is 0 Å². The molecule has 0 saturated carbocycles. The largest absolute Gasteiger partial charge is 0.507 e. The summed E-state index contributed by atoms with van der Waals surface area (Å²) in [5, 5.41) is 23.6. The quantitative estimate of drug-likeness (QED) is 0.379. The Morgan fingerprint density at radius 2 is 1.55 bits per heavy atom. The summed E-state index contributed by atoms with van der Waals surface area (Å²) in [6.07, 6.45) is 0.669. The highest BCUT2D eigenvalue weighted by molar-refractivity contribution is 6.99. The molecule has 0 aliphatic carbocycles. The fourth-order valence-electron chi connectivity index (χ4n) is 5.83. The van der Waals surface area contributed by atoms with E-state index in [0.29, 0.717) is 18.8 Å². The van der Waals surface area contributed by atoms with Gasteiger partial charge in [0.15, 0.2) is 0 Å². The van der Waals surface area contributed by atoms with Crippen molar-refractivity contribution < 1.29 is 19.4 Å². The van der Waals surface area contributed by atoms with E-state index in [0.717, 1.165) is 17.5 Å². The molecule has 38 heavy (non-hydrogen) atoms. The van der Waals surface area contributed by atoms with Gasteiger partial charge in [-0.05, 0) is 60.3 Å². The zero-order chi connectivity index (χ0) is 27.5. The molecule has 1 aliphatic heterocycles. The number of aromatic hydroxyl groups is 1. The van der Waals surface area contributed by atoms with Crippen LogP contribution in [0.25, 0.3) is 0 Å². The van der Waals surface area contributed by atoms with Crippen LogP contribution in [0.4, 0.5) is 0 Å². The van der Waals surface area contributed by atoms with Crippen molar-refractivity contribution in [2.24, 2.45) is 0 Å². The van der Waals surface area contributed by atoms with E-state index in [1.807, 2.05) is 26.8 Å². The van der Waals surface area contributed by atoms with Gasteiger partial charge in [-0.1, -0.05) is 81.4 Å². The lowest BCUT2D eigenvalue weighted by Crippen LogP contribution is -2.67. The summed E-state index contributed by atoms with van der Waals surface area (Å²) in [7, 11) is -2.71. The molecule has 0 unspecified atom stereocenters. The van der Waals surface area contributed by atoms with E-state index in [1.54, 1.807) is 6.07 Å². The number of likely N-dealkylation sites (tertiary alicyclic amines) is 1. The summed E-state index contributed by atoms with van der Waals surface area (Å²) in [6, 6.07) is 25.0. The molecule has 0 amide bonds. The van der Waals surface area contributed by atoms with E-state index in [4.69, 9.17) is 9.16 Å². The third kappa shape index (κ3) is 5.84. The first-order valence-electron chi connectivity index (χ1n) is 13.7. The first kappa shape index (κ1) is 28.4. The van der Waals surface area contributed by atoms with Crippen molar-refractivity contribution in [3.8, 4) is 11.5 Å². The highest BCUT2D eigenvalue weighted by atomic mass is 28.4. The molecule has 1 fully saturated rings. The predicted molar refractivity (Wildman–Crippen MR) is 157 cm³/mol. The van der Waals surface area contributed by atoms with Gasteiger partial charge in [0, 0.05) is 24.7 Å². The Morgan fingerprint density at radius 3 is 2.05 bits per heavy atom. The van der Waals surface area contributed by atoms with E-state index in [-0.39, 0.29) is 35.6 Å². The minimum atomic E-state index is -2.71. The predicted octanol–water partition coefficient (Wildman–Crippen LogP) is 5.00. The second-order valence-electron chi connectivity index (χ2n) is 11.8. The number of aliphatic hydroxyl groups excluding tert-OH is 1. The molecule has 0 radical (unpaired) electrons. The lowest BCUT2D eigenvalue weighted by atomic mass is 10.1. The van der Waals surface area contributed by atoms with Gasteiger partial charge in [-0.2, -0.15) is 0 Å². The Hall–Kier alpha value is -2.64. The number of aliphatic hydroxyl groups is 1. The summed E-state index contributed by atoms with van der Waals surface area (Å²) in [6.45, 7) is 14.0. The number of rotatable bonds is 9. The summed E-state index contributed by atoms with van der Waals surface area (Å²) in [5.41, 5.74) is 1.71. The Labute approximate surface area is 229 Å². The van der Waals surface area contributed by atoms with Crippen LogP contribution in [-0.2, 0) is 11.0 Å². The number of phenols is 1. The monoisotopic (exact) mass is 533 g/mol. The summed E-state index contributed by atoms with van der Waals surface area (Å²) in [5.74, 6) is 0.930. The highest BCUT2D eigenvalue weighted by Crippen LogP contribution is 2.40. The Morgan fingerprint density at radius 1 is 0.974 bits per heavy atom. The third-order valence-electron chi connectivity index (χ3n) is 7.51. The lowest BCUT2D eigenvalue weighted by Gasteiger charge is -2.44. The van der Waals surface area contributed by atoms with Gasteiger partial charge in [0.1, 0.15) is 11.5 Å². The fraction of sp³-hybridized carbons (Fsp3) is 0.438. The molecule has 3 aromatic rings. The molecule has 5 nitrogen and oxygen atoms in total. The maximum absolute atomic E-state index is 10.9. The smallest absolute Gasteiger partial charge is 0.261 e. The average Bonchev–Trinajstić information content (AvgIpc) is 3.26. The maximum atomic E-state index is 10.9. The number of phenolic OH excluding ortho intramolecular Hbond substituents is 1. The molecule has 0 aromatic heterocycles. The van der Waals surface area contributed by atoms with Crippen molar-refractivity contribution in [2.45, 2.75) is 77.8 Å². The molecule has 1 heterocycles. The first-order chi connectivity index (χ1) is 18.0. The third-order valence-corrected chi connectivity index (χ3v) is 12.6. The van der Waals surface area contributed by atoms with Gasteiger partial charge >= 0.3 is 0 Å². The molecule has 1 aliphatic rings. The zero-order valence-electron chi connectivity index (χ0n) is 23.6. The summed E-state index contributed by atoms with van der Waals surface area (Å²) < 4.78 is 13.5. The van der Waals surface area contributed by atoms with Gasteiger partial charge in [0.2, 0.25) is 0 Å². The van der Waals surface area contributed by atoms with Crippen molar-refractivity contribution >= 4 is 18.7 Å². The Kier molecular flexibility index (Phi) is 8.67. The highest BCUT2D eigenvalue weighted by Gasteiger charge is 2.52. The van der Waals surface area contributed by atoms with Crippen molar-refractivity contribution in [3.63, 3.8) is 0 Å². The number of nitrogens with zero attached hydrogens (tertiary/aromatic N) is 1. The molecular formula is C32H43NO4Si. The summed E-state index contributed by atoms with van der Waals surface area (Å²) in [4.78, 5) is 2.24.